The predicted octanol–water partition coefficient (Wildman–Crippen LogP) is 2.32. The van der Waals surface area contributed by atoms with E-state index >= 15 is 0 Å². The summed E-state index contributed by atoms with van der Waals surface area (Å²) in [6, 6.07) is 10.1. The molecule has 3 heterocycles. The van der Waals surface area contributed by atoms with E-state index in [9.17, 15) is 4.79 Å². The molecule has 0 fully saturated rings. The molecule has 118 valence electrons. The molecule has 0 saturated heterocycles. The number of carbonyl (C=O) groups is 1. The largest absolute Gasteiger partial charge is 0.326 e. The van der Waals surface area contributed by atoms with Crippen molar-refractivity contribution in [1.29, 1.82) is 0 Å². The third-order valence-electron chi connectivity index (χ3n) is 4.69. The summed E-state index contributed by atoms with van der Waals surface area (Å²) < 4.78 is 1.75. The standard InChI is InChI=1S/C17H14N6O/c1-23-16-3-2-9(5-15(16)21-22-23)11-6-17(24)19-14-7-13-10(4-12(11)14)8-18-20-13/h2-5,7-8,11H,6H2,1H3,(H,18,20)(H,19,24). The number of benzene rings is 2. The number of nitrogens with one attached hydrogen (secondary N) is 2. The lowest BCUT2D eigenvalue weighted by molar-refractivity contribution is -0.116. The maximum atomic E-state index is 12.2. The summed E-state index contributed by atoms with van der Waals surface area (Å²) in [6.07, 6.45) is 2.22. The first-order valence-electron chi connectivity index (χ1n) is 7.75. The molecular formula is C17H14N6O. The van der Waals surface area contributed by atoms with Crippen LogP contribution in [-0.2, 0) is 11.8 Å². The summed E-state index contributed by atoms with van der Waals surface area (Å²) in [7, 11) is 1.87. The molecule has 7 heteroatoms. The molecule has 1 atom stereocenters. The molecule has 24 heavy (non-hydrogen) atoms. The molecule has 0 radical (unpaired) electrons. The van der Waals surface area contributed by atoms with Crippen molar-refractivity contribution >= 4 is 33.5 Å². The summed E-state index contributed by atoms with van der Waals surface area (Å²) >= 11 is 0. The van der Waals surface area contributed by atoms with E-state index in [0.717, 1.165) is 38.8 Å². The predicted molar refractivity (Wildman–Crippen MR) is 89.7 cm³/mol. The first-order chi connectivity index (χ1) is 11.7. The molecule has 1 unspecified atom stereocenters. The first kappa shape index (κ1) is 13.2. The van der Waals surface area contributed by atoms with Crippen molar-refractivity contribution in [1.82, 2.24) is 25.2 Å². The van der Waals surface area contributed by atoms with Crippen LogP contribution >= 0.6 is 0 Å². The van der Waals surface area contributed by atoms with E-state index in [-0.39, 0.29) is 11.8 Å². The number of aromatic amines is 1. The maximum absolute atomic E-state index is 12.2. The Kier molecular flexibility index (Phi) is 2.56. The summed E-state index contributed by atoms with van der Waals surface area (Å²) in [5.41, 5.74) is 5.75. The minimum atomic E-state index is -0.000504. The van der Waals surface area contributed by atoms with E-state index in [2.05, 4.69) is 38.0 Å². The van der Waals surface area contributed by atoms with Crippen molar-refractivity contribution in [3.05, 3.63) is 47.7 Å². The van der Waals surface area contributed by atoms with Crippen LogP contribution in [0.15, 0.2) is 36.5 Å². The van der Waals surface area contributed by atoms with Gasteiger partial charge in [-0.2, -0.15) is 5.10 Å². The molecule has 1 amide bonds. The Morgan fingerprint density at radius 3 is 3.08 bits per heavy atom. The van der Waals surface area contributed by atoms with E-state index in [4.69, 9.17) is 0 Å². The second kappa shape index (κ2) is 4.64. The highest BCUT2D eigenvalue weighted by Crippen LogP contribution is 2.39. The number of aromatic nitrogens is 5. The fourth-order valence-corrected chi connectivity index (χ4v) is 3.47. The number of amides is 1. The Hall–Kier alpha value is -3.22. The van der Waals surface area contributed by atoms with Crippen molar-refractivity contribution < 1.29 is 4.79 Å². The van der Waals surface area contributed by atoms with Gasteiger partial charge in [0.25, 0.3) is 0 Å². The number of fused-ring (bicyclic) bond motifs is 3. The molecule has 0 saturated carbocycles. The van der Waals surface area contributed by atoms with Gasteiger partial charge in [-0.1, -0.05) is 11.3 Å². The molecular weight excluding hydrogens is 304 g/mol. The second-order valence-corrected chi connectivity index (χ2v) is 6.16. The van der Waals surface area contributed by atoms with Gasteiger partial charge in [-0.25, -0.2) is 4.68 Å². The van der Waals surface area contributed by atoms with Crippen LogP contribution in [-0.4, -0.2) is 31.1 Å². The monoisotopic (exact) mass is 318 g/mol. The Labute approximate surface area is 136 Å². The first-order valence-corrected chi connectivity index (χ1v) is 7.75. The number of hydrogen-bond donors (Lipinski definition) is 2. The van der Waals surface area contributed by atoms with Crippen LogP contribution < -0.4 is 5.32 Å². The fourth-order valence-electron chi connectivity index (χ4n) is 3.47. The van der Waals surface area contributed by atoms with Gasteiger partial charge in [0.15, 0.2) is 0 Å². The van der Waals surface area contributed by atoms with Crippen molar-refractivity contribution in [3.8, 4) is 0 Å². The average molecular weight is 318 g/mol. The normalized spacial score (nSPS) is 17.2. The number of carbonyl (C=O) groups excluding carboxylic acids is 1. The SMILES string of the molecule is Cn1nnc2cc(C3CC(=O)Nc4cc5[nH]ncc5cc43)ccc21. The van der Waals surface area contributed by atoms with Gasteiger partial charge in [-0.15, -0.1) is 5.10 Å². The molecule has 1 aliphatic rings. The van der Waals surface area contributed by atoms with Crippen LogP contribution in [0, 0.1) is 0 Å². The lowest BCUT2D eigenvalue weighted by Gasteiger charge is -2.26. The number of hydrogen-bond acceptors (Lipinski definition) is 4. The Morgan fingerprint density at radius 2 is 2.17 bits per heavy atom. The summed E-state index contributed by atoms with van der Waals surface area (Å²) in [6.45, 7) is 0. The molecule has 2 aromatic carbocycles. The topological polar surface area (TPSA) is 88.5 Å². The zero-order valence-corrected chi connectivity index (χ0v) is 12.9. The van der Waals surface area contributed by atoms with Gasteiger partial charge in [0.2, 0.25) is 5.91 Å². The minimum absolute atomic E-state index is 0.000504. The lowest BCUT2D eigenvalue weighted by atomic mass is 9.84. The highest BCUT2D eigenvalue weighted by atomic mass is 16.1. The van der Waals surface area contributed by atoms with Gasteiger partial charge in [-0.05, 0) is 35.4 Å². The third kappa shape index (κ3) is 1.84. The molecule has 4 aromatic rings. The molecule has 0 bridgehead atoms. The van der Waals surface area contributed by atoms with Crippen LogP contribution in [0.3, 0.4) is 0 Å². The third-order valence-corrected chi connectivity index (χ3v) is 4.69. The molecule has 2 N–H and O–H groups in total. The maximum Gasteiger partial charge on any atom is 0.225 e. The van der Waals surface area contributed by atoms with E-state index < -0.39 is 0 Å². The Morgan fingerprint density at radius 1 is 1.25 bits per heavy atom. The quantitative estimate of drug-likeness (QED) is 0.564. The highest BCUT2D eigenvalue weighted by Gasteiger charge is 2.27. The molecule has 0 spiro atoms. The van der Waals surface area contributed by atoms with Crippen LogP contribution in [0.1, 0.15) is 23.5 Å². The van der Waals surface area contributed by atoms with E-state index in [1.165, 1.54) is 0 Å². The van der Waals surface area contributed by atoms with E-state index in [1.807, 2.05) is 25.2 Å². The zero-order valence-electron chi connectivity index (χ0n) is 12.9. The van der Waals surface area contributed by atoms with Crippen molar-refractivity contribution in [2.24, 2.45) is 7.05 Å². The number of H-pyrrole nitrogens is 1. The van der Waals surface area contributed by atoms with Gasteiger partial charge < -0.3 is 5.32 Å². The fraction of sp³-hybridized carbons (Fsp3) is 0.176. The smallest absolute Gasteiger partial charge is 0.225 e. The van der Waals surface area contributed by atoms with Gasteiger partial charge in [0, 0.05) is 30.5 Å². The minimum Gasteiger partial charge on any atom is -0.326 e. The molecule has 1 aliphatic heterocycles. The van der Waals surface area contributed by atoms with E-state index in [1.54, 1.807) is 10.9 Å². The van der Waals surface area contributed by atoms with Gasteiger partial charge in [-0.3, -0.25) is 9.89 Å². The van der Waals surface area contributed by atoms with Gasteiger partial charge in [0.05, 0.1) is 17.2 Å². The van der Waals surface area contributed by atoms with Crippen LogP contribution in [0.4, 0.5) is 5.69 Å². The summed E-state index contributed by atoms with van der Waals surface area (Å²) in [5, 5.41) is 19.3. The van der Waals surface area contributed by atoms with Crippen LogP contribution in [0.2, 0.25) is 0 Å². The second-order valence-electron chi connectivity index (χ2n) is 6.16. The number of rotatable bonds is 1. The molecule has 2 aromatic heterocycles. The van der Waals surface area contributed by atoms with Gasteiger partial charge in [0.1, 0.15) is 5.52 Å². The molecule has 7 nitrogen and oxygen atoms in total. The van der Waals surface area contributed by atoms with Crippen molar-refractivity contribution in [3.63, 3.8) is 0 Å². The van der Waals surface area contributed by atoms with E-state index in [0.29, 0.717) is 6.42 Å². The van der Waals surface area contributed by atoms with Crippen LogP contribution in [0.5, 0.6) is 0 Å². The Balaban J connectivity index is 1.70. The summed E-state index contributed by atoms with van der Waals surface area (Å²) in [4.78, 5) is 12.2. The van der Waals surface area contributed by atoms with Crippen molar-refractivity contribution in [2.45, 2.75) is 12.3 Å². The molecule has 5 rings (SSSR count). The summed E-state index contributed by atoms with van der Waals surface area (Å²) in [5.74, 6) is 0.0186. The van der Waals surface area contributed by atoms with Gasteiger partial charge >= 0.3 is 0 Å². The number of anilines is 1. The van der Waals surface area contributed by atoms with Crippen LogP contribution in [0.25, 0.3) is 21.9 Å². The highest BCUT2D eigenvalue weighted by molar-refractivity contribution is 5.98. The Bertz CT molecular complexity index is 1110. The number of aryl methyl sites for hydroxylation is 1. The zero-order chi connectivity index (χ0) is 16.3. The number of nitrogens with zero attached hydrogens (tertiary/aromatic N) is 4. The average Bonchev–Trinajstić information content (AvgIpc) is 3.18. The van der Waals surface area contributed by atoms with Crippen molar-refractivity contribution in [2.75, 3.05) is 5.32 Å². The molecule has 0 aliphatic carbocycles. The lowest BCUT2D eigenvalue weighted by Crippen LogP contribution is -2.23.